The van der Waals surface area contributed by atoms with Crippen molar-refractivity contribution in [3.05, 3.63) is 28.6 Å². The molecule has 68 valence electrons. The lowest BCUT2D eigenvalue weighted by molar-refractivity contribution is 0.663. The van der Waals surface area contributed by atoms with Crippen LogP contribution in [0, 0.1) is 0 Å². The van der Waals surface area contributed by atoms with E-state index in [0.717, 1.165) is 13.1 Å². The number of pyridine rings is 1. The van der Waals surface area contributed by atoms with E-state index in [1.54, 1.807) is 0 Å². The summed E-state index contributed by atoms with van der Waals surface area (Å²) in [7, 11) is 0. The molecule has 1 aliphatic heterocycles. The molecule has 2 heteroatoms. The zero-order chi connectivity index (χ0) is 8.67. The second-order valence-corrected chi connectivity index (χ2v) is 4.01. The summed E-state index contributed by atoms with van der Waals surface area (Å²) in [6.07, 6.45) is 5.12. The van der Waals surface area contributed by atoms with E-state index in [-0.39, 0.29) is 0 Å². The molecule has 3 rings (SSSR count). The van der Waals surface area contributed by atoms with Crippen molar-refractivity contribution in [3.8, 4) is 0 Å². The first-order chi connectivity index (χ1) is 6.43. The van der Waals surface area contributed by atoms with Gasteiger partial charge >= 0.3 is 0 Å². The first kappa shape index (κ1) is 7.51. The maximum Gasteiger partial charge on any atom is 0.0590 e. The third-order valence-electron chi connectivity index (χ3n) is 3.08. The van der Waals surface area contributed by atoms with Gasteiger partial charge in [0.25, 0.3) is 0 Å². The summed E-state index contributed by atoms with van der Waals surface area (Å²) in [4.78, 5) is 4.73. The van der Waals surface area contributed by atoms with Crippen molar-refractivity contribution in [1.82, 2.24) is 10.3 Å². The van der Waals surface area contributed by atoms with E-state index < -0.39 is 0 Å². The molecule has 1 N–H and O–H groups in total. The van der Waals surface area contributed by atoms with Crippen molar-refractivity contribution in [2.75, 3.05) is 0 Å². The van der Waals surface area contributed by atoms with Gasteiger partial charge in [0, 0.05) is 18.8 Å². The molecule has 0 aromatic carbocycles. The smallest absolute Gasteiger partial charge is 0.0590 e. The summed E-state index contributed by atoms with van der Waals surface area (Å²) in [5, 5.41) is 3.35. The van der Waals surface area contributed by atoms with Crippen LogP contribution in [0.1, 0.15) is 35.4 Å². The van der Waals surface area contributed by atoms with Crippen molar-refractivity contribution < 1.29 is 0 Å². The molecule has 0 saturated heterocycles. The number of rotatable bonds is 0. The van der Waals surface area contributed by atoms with Crippen LogP contribution in [0.15, 0.2) is 6.07 Å². The van der Waals surface area contributed by atoms with Crippen LogP contribution in [0.25, 0.3) is 0 Å². The third kappa shape index (κ3) is 1.17. The van der Waals surface area contributed by atoms with Gasteiger partial charge in [0.2, 0.25) is 0 Å². The summed E-state index contributed by atoms with van der Waals surface area (Å²) >= 11 is 0. The van der Waals surface area contributed by atoms with Gasteiger partial charge < -0.3 is 5.32 Å². The number of aromatic nitrogens is 1. The Morgan fingerprint density at radius 1 is 1.00 bits per heavy atom. The molecule has 0 atom stereocenters. The Hall–Kier alpha value is -0.890. The fourth-order valence-corrected chi connectivity index (χ4v) is 2.35. The minimum Gasteiger partial charge on any atom is -0.307 e. The molecule has 0 amide bonds. The monoisotopic (exact) mass is 174 g/mol. The lowest BCUT2D eigenvalue weighted by Gasteiger charge is -2.15. The van der Waals surface area contributed by atoms with E-state index in [9.17, 15) is 0 Å². The Labute approximate surface area is 78.4 Å². The molecule has 0 unspecified atom stereocenters. The zero-order valence-electron chi connectivity index (χ0n) is 7.77. The fraction of sp³-hybridized carbons (Fsp3) is 0.545. The Kier molecular flexibility index (Phi) is 1.62. The summed E-state index contributed by atoms with van der Waals surface area (Å²) < 4.78 is 0. The van der Waals surface area contributed by atoms with Gasteiger partial charge in [-0.15, -0.1) is 0 Å². The second kappa shape index (κ2) is 2.81. The maximum absolute atomic E-state index is 4.73. The zero-order valence-corrected chi connectivity index (χ0v) is 7.77. The lowest BCUT2D eigenvalue weighted by Crippen LogP contribution is -2.07. The number of aryl methyl sites for hydroxylation is 2. The molecule has 0 radical (unpaired) electrons. The van der Waals surface area contributed by atoms with Crippen LogP contribution in [-0.2, 0) is 25.9 Å². The predicted molar refractivity (Wildman–Crippen MR) is 51.4 cm³/mol. The maximum atomic E-state index is 4.73. The van der Waals surface area contributed by atoms with Crippen LogP contribution in [0.2, 0.25) is 0 Å². The molecule has 0 saturated carbocycles. The molecule has 1 aliphatic carbocycles. The van der Waals surface area contributed by atoms with Gasteiger partial charge in [0.05, 0.1) is 5.69 Å². The van der Waals surface area contributed by atoms with E-state index in [0.29, 0.717) is 0 Å². The summed E-state index contributed by atoms with van der Waals surface area (Å²) in [6, 6.07) is 2.37. The molecular formula is C11H14N2. The second-order valence-electron chi connectivity index (χ2n) is 4.01. The van der Waals surface area contributed by atoms with Crippen molar-refractivity contribution in [1.29, 1.82) is 0 Å². The van der Waals surface area contributed by atoms with Crippen LogP contribution < -0.4 is 5.32 Å². The molecule has 2 heterocycles. The molecule has 0 spiro atoms. The topological polar surface area (TPSA) is 24.9 Å². The Morgan fingerprint density at radius 3 is 2.92 bits per heavy atom. The highest BCUT2D eigenvalue weighted by molar-refractivity contribution is 5.34. The van der Waals surface area contributed by atoms with Gasteiger partial charge in [-0.1, -0.05) is 6.07 Å². The van der Waals surface area contributed by atoms with Crippen LogP contribution in [0.5, 0.6) is 0 Å². The molecule has 1 aromatic heterocycles. The Bertz CT molecular complexity index is 311. The number of hydrogen-bond acceptors (Lipinski definition) is 2. The number of fused-ring (bicyclic) bond motifs is 2. The van der Waals surface area contributed by atoms with Crippen molar-refractivity contribution in [2.45, 2.75) is 38.8 Å². The van der Waals surface area contributed by atoms with Gasteiger partial charge in [0.15, 0.2) is 0 Å². The van der Waals surface area contributed by atoms with E-state index in [2.05, 4.69) is 11.4 Å². The van der Waals surface area contributed by atoms with E-state index in [1.165, 1.54) is 48.2 Å². The highest BCUT2D eigenvalue weighted by atomic mass is 14.9. The van der Waals surface area contributed by atoms with Crippen LogP contribution in [0.4, 0.5) is 0 Å². The first-order valence-electron chi connectivity index (χ1n) is 5.15. The SMILES string of the molecule is c1c2c(nc3c1CNC3)CCCC2. The van der Waals surface area contributed by atoms with Gasteiger partial charge in [-0.25, -0.2) is 0 Å². The fourth-order valence-electron chi connectivity index (χ4n) is 2.35. The summed E-state index contributed by atoms with van der Waals surface area (Å²) in [6.45, 7) is 2.00. The average molecular weight is 174 g/mol. The van der Waals surface area contributed by atoms with E-state index in [4.69, 9.17) is 4.98 Å². The van der Waals surface area contributed by atoms with Gasteiger partial charge in [-0.05, 0) is 36.8 Å². The minimum atomic E-state index is 0.975. The van der Waals surface area contributed by atoms with Crippen LogP contribution >= 0.6 is 0 Å². The number of nitrogens with one attached hydrogen (secondary N) is 1. The number of nitrogens with zero attached hydrogens (tertiary/aromatic N) is 1. The molecule has 0 bridgehead atoms. The van der Waals surface area contributed by atoms with E-state index >= 15 is 0 Å². The average Bonchev–Trinajstić information content (AvgIpc) is 2.61. The van der Waals surface area contributed by atoms with Gasteiger partial charge in [0.1, 0.15) is 0 Å². The van der Waals surface area contributed by atoms with Crippen molar-refractivity contribution >= 4 is 0 Å². The van der Waals surface area contributed by atoms with Gasteiger partial charge in [-0.2, -0.15) is 0 Å². The molecule has 2 nitrogen and oxygen atoms in total. The predicted octanol–water partition coefficient (Wildman–Crippen LogP) is 1.56. The largest absolute Gasteiger partial charge is 0.307 e. The highest BCUT2D eigenvalue weighted by Gasteiger charge is 2.17. The molecule has 1 aromatic rings. The first-order valence-corrected chi connectivity index (χ1v) is 5.15. The summed E-state index contributed by atoms with van der Waals surface area (Å²) in [5.74, 6) is 0. The van der Waals surface area contributed by atoms with Crippen molar-refractivity contribution in [2.24, 2.45) is 0 Å². The summed E-state index contributed by atoms with van der Waals surface area (Å²) in [5.41, 5.74) is 5.60. The quantitative estimate of drug-likeness (QED) is 0.645. The highest BCUT2D eigenvalue weighted by Crippen LogP contribution is 2.24. The van der Waals surface area contributed by atoms with E-state index in [1.807, 2.05) is 0 Å². The van der Waals surface area contributed by atoms with Crippen LogP contribution in [-0.4, -0.2) is 4.98 Å². The standard InChI is InChI=1S/C11H14N2/c1-2-4-10-8(3-1)5-9-6-12-7-11(9)13-10/h5,12H,1-4,6-7H2. The van der Waals surface area contributed by atoms with Crippen LogP contribution in [0.3, 0.4) is 0 Å². The van der Waals surface area contributed by atoms with Crippen molar-refractivity contribution in [3.63, 3.8) is 0 Å². The molecule has 0 fully saturated rings. The minimum absolute atomic E-state index is 0.975. The normalized spacial score (nSPS) is 19.7. The molecule has 2 aliphatic rings. The lowest BCUT2D eigenvalue weighted by atomic mass is 9.94. The Morgan fingerprint density at radius 2 is 1.92 bits per heavy atom. The van der Waals surface area contributed by atoms with Gasteiger partial charge in [-0.3, -0.25) is 4.98 Å². The Balaban J connectivity index is 2.11. The third-order valence-corrected chi connectivity index (χ3v) is 3.08. The molecular weight excluding hydrogens is 160 g/mol. The molecule has 13 heavy (non-hydrogen) atoms. The number of hydrogen-bond donors (Lipinski definition) is 1.